The molecule has 3 heterocycles. The summed E-state index contributed by atoms with van der Waals surface area (Å²) in [5.74, 6) is 0.881. The maximum Gasteiger partial charge on any atom is 0.227 e. The van der Waals surface area contributed by atoms with Crippen LogP contribution in [0.1, 0.15) is 45.1 Å². The Morgan fingerprint density at radius 2 is 1.94 bits per heavy atom. The third-order valence-corrected chi connectivity index (χ3v) is 6.46. The van der Waals surface area contributed by atoms with Crippen LogP contribution >= 0.6 is 23.2 Å². The molecule has 7 nitrogen and oxygen atoms in total. The summed E-state index contributed by atoms with van der Waals surface area (Å²) in [7, 11) is 0. The highest BCUT2D eigenvalue weighted by atomic mass is 35.5. The number of nitrogens with one attached hydrogen (secondary N) is 1. The van der Waals surface area contributed by atoms with Gasteiger partial charge in [-0.3, -0.25) is 0 Å². The summed E-state index contributed by atoms with van der Waals surface area (Å²) in [5.41, 5.74) is 1.67. The van der Waals surface area contributed by atoms with Crippen LogP contribution in [0.2, 0.25) is 10.2 Å². The van der Waals surface area contributed by atoms with E-state index in [2.05, 4.69) is 38.3 Å². The molecule has 1 fully saturated rings. The van der Waals surface area contributed by atoms with E-state index in [1.807, 2.05) is 6.07 Å². The van der Waals surface area contributed by atoms with Gasteiger partial charge in [0.15, 0.2) is 5.15 Å². The minimum absolute atomic E-state index is 0.283. The quantitative estimate of drug-likeness (QED) is 0.544. The van der Waals surface area contributed by atoms with Crippen molar-refractivity contribution in [1.29, 1.82) is 0 Å². The van der Waals surface area contributed by atoms with Gasteiger partial charge in [-0.1, -0.05) is 30.1 Å². The van der Waals surface area contributed by atoms with Crippen molar-refractivity contribution in [1.82, 2.24) is 24.6 Å². The number of nitrogens with zero attached hydrogens (tertiary/aromatic N) is 5. The van der Waals surface area contributed by atoms with Crippen molar-refractivity contribution >= 4 is 45.7 Å². The second kappa shape index (κ2) is 8.90. The average Bonchev–Trinajstić information content (AvgIpc) is 3.05. The molecule has 1 saturated heterocycles. The fourth-order valence-electron chi connectivity index (χ4n) is 4.05. The smallest absolute Gasteiger partial charge is 0.227 e. The molecule has 31 heavy (non-hydrogen) atoms. The lowest BCUT2D eigenvalue weighted by Crippen LogP contribution is -2.32. The van der Waals surface area contributed by atoms with Gasteiger partial charge >= 0.3 is 0 Å². The Morgan fingerprint density at radius 3 is 2.61 bits per heavy atom. The predicted octanol–water partition coefficient (Wildman–Crippen LogP) is 4.85. The fourth-order valence-corrected chi connectivity index (χ4v) is 4.58. The molecule has 0 atom stereocenters. The summed E-state index contributed by atoms with van der Waals surface area (Å²) >= 11 is 13.0. The Hall–Kier alpha value is -1.93. The highest BCUT2D eigenvalue weighted by molar-refractivity contribution is 6.32. The summed E-state index contributed by atoms with van der Waals surface area (Å²) in [6, 6.07) is 4.05. The Labute approximate surface area is 192 Å². The third-order valence-electron chi connectivity index (χ3n) is 5.73. The first-order valence-corrected chi connectivity index (χ1v) is 11.4. The van der Waals surface area contributed by atoms with Crippen LogP contribution in [0.5, 0.6) is 0 Å². The lowest BCUT2D eigenvalue weighted by atomic mass is 9.89. The summed E-state index contributed by atoms with van der Waals surface area (Å²) in [6.45, 7) is 9.19. The van der Waals surface area contributed by atoms with Crippen LogP contribution < -0.4 is 5.32 Å². The number of likely N-dealkylation sites (tertiary alicyclic amines) is 1. The van der Waals surface area contributed by atoms with E-state index in [0.717, 1.165) is 54.0 Å². The number of piperidine rings is 1. The van der Waals surface area contributed by atoms with E-state index in [1.165, 1.54) is 0 Å². The van der Waals surface area contributed by atoms with E-state index >= 15 is 0 Å². The van der Waals surface area contributed by atoms with Crippen LogP contribution in [0.15, 0.2) is 24.5 Å². The number of halogens is 2. The SMILES string of the molecule is CCN1CCC(c2cc3nc(Nc4cnn(CC(C)(C)O)c4Cl)ncc3cc2Cl)CC1. The lowest BCUT2D eigenvalue weighted by Gasteiger charge is -2.31. The first-order chi connectivity index (χ1) is 14.7. The average molecular weight is 463 g/mol. The number of aliphatic hydroxyl groups is 1. The van der Waals surface area contributed by atoms with Crippen LogP contribution in [0.3, 0.4) is 0 Å². The van der Waals surface area contributed by atoms with Gasteiger partial charge in [-0.25, -0.2) is 14.6 Å². The first-order valence-electron chi connectivity index (χ1n) is 10.6. The molecule has 1 aliphatic rings. The topological polar surface area (TPSA) is 79.1 Å². The lowest BCUT2D eigenvalue weighted by molar-refractivity contribution is 0.0578. The highest BCUT2D eigenvalue weighted by Crippen LogP contribution is 2.35. The number of fused-ring (bicyclic) bond motifs is 1. The Morgan fingerprint density at radius 1 is 1.19 bits per heavy atom. The molecule has 9 heteroatoms. The molecule has 4 rings (SSSR count). The molecule has 0 amide bonds. The van der Waals surface area contributed by atoms with Crippen molar-refractivity contribution < 1.29 is 5.11 Å². The Bertz CT molecular complexity index is 1070. The number of benzene rings is 1. The van der Waals surface area contributed by atoms with Crippen molar-refractivity contribution in [3.05, 3.63) is 40.3 Å². The van der Waals surface area contributed by atoms with E-state index in [4.69, 9.17) is 23.2 Å². The molecule has 0 bridgehead atoms. The summed E-state index contributed by atoms with van der Waals surface area (Å²) < 4.78 is 1.55. The number of anilines is 2. The van der Waals surface area contributed by atoms with Crippen molar-refractivity contribution in [3.63, 3.8) is 0 Å². The molecule has 1 aromatic carbocycles. The third kappa shape index (κ3) is 5.12. The molecular formula is C22H28Cl2N6O. The van der Waals surface area contributed by atoms with Crippen LogP contribution in [0.25, 0.3) is 10.9 Å². The second-order valence-electron chi connectivity index (χ2n) is 8.78. The van der Waals surface area contributed by atoms with E-state index in [9.17, 15) is 5.11 Å². The van der Waals surface area contributed by atoms with Crippen LogP contribution in [0.4, 0.5) is 11.6 Å². The van der Waals surface area contributed by atoms with Crippen LogP contribution in [-0.2, 0) is 6.54 Å². The molecular weight excluding hydrogens is 435 g/mol. The van der Waals surface area contributed by atoms with Crippen molar-refractivity contribution in [2.45, 2.75) is 51.7 Å². The van der Waals surface area contributed by atoms with Crippen molar-refractivity contribution in [3.8, 4) is 0 Å². The van der Waals surface area contributed by atoms with Gasteiger partial charge in [-0.05, 0) is 69.9 Å². The van der Waals surface area contributed by atoms with Crippen molar-refractivity contribution in [2.24, 2.45) is 0 Å². The van der Waals surface area contributed by atoms with Gasteiger partial charge in [0.1, 0.15) is 0 Å². The number of hydrogen-bond acceptors (Lipinski definition) is 6. The Balaban J connectivity index is 1.57. The van der Waals surface area contributed by atoms with Crippen LogP contribution in [0, 0.1) is 0 Å². The highest BCUT2D eigenvalue weighted by Gasteiger charge is 2.22. The van der Waals surface area contributed by atoms with Gasteiger partial charge < -0.3 is 15.3 Å². The molecule has 2 N–H and O–H groups in total. The molecule has 0 aliphatic carbocycles. The van der Waals surface area contributed by atoms with Crippen molar-refractivity contribution in [2.75, 3.05) is 25.0 Å². The number of hydrogen-bond donors (Lipinski definition) is 2. The largest absolute Gasteiger partial charge is 0.389 e. The second-order valence-corrected chi connectivity index (χ2v) is 9.54. The van der Waals surface area contributed by atoms with Crippen LogP contribution in [-0.4, -0.2) is 55.0 Å². The van der Waals surface area contributed by atoms with Gasteiger partial charge in [-0.2, -0.15) is 5.10 Å². The summed E-state index contributed by atoms with van der Waals surface area (Å²) in [4.78, 5) is 11.6. The first kappa shape index (κ1) is 22.3. The molecule has 166 valence electrons. The van der Waals surface area contributed by atoms with E-state index < -0.39 is 5.60 Å². The van der Waals surface area contributed by atoms with E-state index in [1.54, 1.807) is 30.9 Å². The minimum atomic E-state index is -0.921. The molecule has 1 aliphatic heterocycles. The zero-order valence-corrected chi connectivity index (χ0v) is 19.6. The van der Waals surface area contributed by atoms with E-state index in [0.29, 0.717) is 22.7 Å². The molecule has 0 unspecified atom stereocenters. The minimum Gasteiger partial charge on any atom is -0.389 e. The number of rotatable bonds is 6. The molecule has 3 aromatic rings. The van der Waals surface area contributed by atoms with Gasteiger partial charge in [0.25, 0.3) is 0 Å². The maximum absolute atomic E-state index is 10.0. The number of aromatic nitrogens is 4. The standard InChI is InChI=1S/C22H28Cl2N6O/c1-4-29-7-5-14(6-8-29)16-10-18-15(9-17(16)23)11-25-21(27-18)28-19-12-26-30(20(19)24)13-22(2,3)31/h9-12,14,31H,4-8,13H2,1-3H3,(H,25,27,28). The Kier molecular flexibility index (Phi) is 6.40. The van der Waals surface area contributed by atoms with Gasteiger partial charge in [0.2, 0.25) is 5.95 Å². The molecule has 2 aromatic heterocycles. The molecule has 0 saturated carbocycles. The van der Waals surface area contributed by atoms with Gasteiger partial charge in [-0.15, -0.1) is 0 Å². The zero-order valence-electron chi connectivity index (χ0n) is 18.1. The zero-order chi connectivity index (χ0) is 22.2. The normalized spacial score (nSPS) is 16.2. The maximum atomic E-state index is 10.0. The van der Waals surface area contributed by atoms with Gasteiger partial charge in [0, 0.05) is 16.6 Å². The summed E-state index contributed by atoms with van der Waals surface area (Å²) in [6.07, 6.45) is 5.57. The van der Waals surface area contributed by atoms with Gasteiger partial charge in [0.05, 0.1) is 29.5 Å². The molecule has 0 radical (unpaired) electrons. The predicted molar refractivity (Wildman–Crippen MR) is 125 cm³/mol. The fraction of sp³-hybridized carbons (Fsp3) is 0.500. The van der Waals surface area contributed by atoms with E-state index in [-0.39, 0.29) is 6.54 Å². The molecule has 0 spiro atoms. The summed E-state index contributed by atoms with van der Waals surface area (Å²) in [5, 5.41) is 19.5. The monoisotopic (exact) mass is 462 g/mol.